The van der Waals surface area contributed by atoms with Crippen molar-refractivity contribution in [2.45, 2.75) is 46.6 Å². The summed E-state index contributed by atoms with van der Waals surface area (Å²) >= 11 is 6.28. The molecule has 0 unspecified atom stereocenters. The van der Waals surface area contributed by atoms with E-state index in [1.54, 1.807) is 0 Å². The van der Waals surface area contributed by atoms with Gasteiger partial charge in [-0.1, -0.05) is 43.7 Å². The largest absolute Gasteiger partial charge is 0.378 e. The normalized spacial score (nSPS) is 12.5. The molecular weight excluding hydrogens is 294 g/mol. The number of aromatic nitrogens is 1. The van der Waals surface area contributed by atoms with Crippen LogP contribution >= 0.6 is 11.6 Å². The maximum atomic E-state index is 6.28. The van der Waals surface area contributed by atoms with Crippen molar-refractivity contribution in [3.05, 3.63) is 52.5 Å². The van der Waals surface area contributed by atoms with Crippen LogP contribution in [0.2, 0.25) is 0 Å². The van der Waals surface area contributed by atoms with Gasteiger partial charge in [0, 0.05) is 11.9 Å². The predicted octanol–water partition coefficient (Wildman–Crippen LogP) is 4.15. The Hall–Kier alpha value is -1.32. The van der Waals surface area contributed by atoms with Gasteiger partial charge in [-0.3, -0.25) is 4.98 Å². The van der Waals surface area contributed by atoms with Crippen molar-refractivity contribution in [2.24, 2.45) is 0 Å². The molecule has 2 N–H and O–H groups in total. The minimum atomic E-state index is 0.688. The maximum Gasteiger partial charge on any atom is 0.0594 e. The van der Waals surface area contributed by atoms with Crippen molar-refractivity contribution in [1.29, 1.82) is 0 Å². The van der Waals surface area contributed by atoms with Gasteiger partial charge in [0.2, 0.25) is 0 Å². The Morgan fingerprint density at radius 3 is 2.73 bits per heavy atom. The van der Waals surface area contributed by atoms with Crippen LogP contribution in [0.4, 0.5) is 0 Å². The number of hydrogen-bond donors (Lipinski definition) is 2. The summed E-state index contributed by atoms with van der Waals surface area (Å²) in [6.45, 7) is 8.95. The third kappa shape index (κ3) is 7.10. The topological polar surface area (TPSA) is 37.0 Å². The molecule has 0 aliphatic rings. The molecule has 0 atom stereocenters. The molecule has 0 aliphatic carbocycles. The van der Waals surface area contributed by atoms with E-state index in [-0.39, 0.29) is 0 Å². The van der Waals surface area contributed by atoms with Crippen LogP contribution in [0, 0.1) is 0 Å². The van der Waals surface area contributed by atoms with Gasteiger partial charge in [-0.2, -0.15) is 0 Å². The molecule has 22 heavy (non-hydrogen) atoms. The van der Waals surface area contributed by atoms with Crippen molar-refractivity contribution in [1.82, 2.24) is 15.6 Å². The van der Waals surface area contributed by atoms with Gasteiger partial charge in [-0.25, -0.2) is 0 Å². The van der Waals surface area contributed by atoms with Crippen LogP contribution in [0.25, 0.3) is 0 Å². The van der Waals surface area contributed by atoms with Crippen molar-refractivity contribution in [2.75, 3.05) is 13.1 Å². The summed E-state index contributed by atoms with van der Waals surface area (Å²) in [7, 11) is 0. The van der Waals surface area contributed by atoms with Gasteiger partial charge in [0.1, 0.15) is 0 Å². The van der Waals surface area contributed by atoms with E-state index in [4.69, 9.17) is 11.6 Å². The number of nitrogens with zero attached hydrogens (tertiary/aromatic N) is 1. The fourth-order valence-corrected chi connectivity index (χ4v) is 2.16. The van der Waals surface area contributed by atoms with E-state index in [1.807, 2.05) is 19.2 Å². The zero-order valence-electron chi connectivity index (χ0n) is 14.0. The molecule has 1 aromatic rings. The van der Waals surface area contributed by atoms with Gasteiger partial charge < -0.3 is 10.6 Å². The molecule has 0 radical (unpaired) electrons. The molecule has 0 saturated heterocycles. The van der Waals surface area contributed by atoms with Gasteiger partial charge in [0.05, 0.1) is 17.3 Å². The van der Waals surface area contributed by atoms with E-state index in [9.17, 15) is 0 Å². The molecule has 1 heterocycles. The fourth-order valence-electron chi connectivity index (χ4n) is 2.01. The molecule has 0 spiro atoms. The highest BCUT2D eigenvalue weighted by atomic mass is 35.5. The minimum absolute atomic E-state index is 0.688. The molecule has 0 aromatic carbocycles. The third-order valence-electron chi connectivity index (χ3n) is 3.42. The van der Waals surface area contributed by atoms with E-state index in [2.05, 4.69) is 47.7 Å². The molecule has 0 bridgehead atoms. The average molecular weight is 322 g/mol. The Balaban J connectivity index is 2.55. The second kappa shape index (κ2) is 11.3. The molecule has 0 aliphatic heterocycles. The molecule has 1 rings (SSSR count). The van der Waals surface area contributed by atoms with Crippen molar-refractivity contribution in [3.8, 4) is 0 Å². The SMILES string of the molecule is C/C=C(Cl)\C(=C/CCCNCC)NCc1ccc(CC)cn1. The lowest BCUT2D eigenvalue weighted by Crippen LogP contribution is -2.15. The summed E-state index contributed by atoms with van der Waals surface area (Å²) < 4.78 is 0. The summed E-state index contributed by atoms with van der Waals surface area (Å²) in [4.78, 5) is 4.47. The Morgan fingerprint density at radius 1 is 1.32 bits per heavy atom. The Bertz CT molecular complexity index is 478. The van der Waals surface area contributed by atoms with E-state index in [0.29, 0.717) is 6.54 Å². The van der Waals surface area contributed by atoms with Crippen LogP contribution in [-0.4, -0.2) is 18.1 Å². The van der Waals surface area contributed by atoms with Crippen LogP contribution in [0.3, 0.4) is 0 Å². The first-order valence-corrected chi connectivity index (χ1v) is 8.49. The van der Waals surface area contributed by atoms with E-state index < -0.39 is 0 Å². The van der Waals surface area contributed by atoms with E-state index in [0.717, 1.165) is 48.8 Å². The standard InChI is InChI=1S/C18H28ClN3/c1-4-15-10-11-16(21-13-15)14-22-18(17(19)5-2)9-7-8-12-20-6-3/h5,9-11,13,20,22H,4,6-8,12,14H2,1-3H3/b17-5+,18-9+. The molecule has 0 fully saturated rings. The van der Waals surface area contributed by atoms with Crippen molar-refractivity contribution < 1.29 is 0 Å². The summed E-state index contributed by atoms with van der Waals surface area (Å²) in [6, 6.07) is 4.19. The molecule has 1 aromatic heterocycles. The van der Waals surface area contributed by atoms with Gasteiger partial charge in [0.25, 0.3) is 0 Å². The van der Waals surface area contributed by atoms with E-state index in [1.165, 1.54) is 5.56 Å². The first kappa shape index (κ1) is 18.7. The highest BCUT2D eigenvalue weighted by molar-refractivity contribution is 6.31. The smallest absolute Gasteiger partial charge is 0.0594 e. The number of unbranched alkanes of at least 4 members (excludes halogenated alkanes) is 1. The summed E-state index contributed by atoms with van der Waals surface area (Å²) in [5.41, 5.74) is 3.27. The highest BCUT2D eigenvalue weighted by Gasteiger charge is 2.02. The van der Waals surface area contributed by atoms with Crippen LogP contribution in [0.1, 0.15) is 44.9 Å². The van der Waals surface area contributed by atoms with Crippen LogP contribution in [0.15, 0.2) is 41.2 Å². The first-order valence-electron chi connectivity index (χ1n) is 8.12. The highest BCUT2D eigenvalue weighted by Crippen LogP contribution is 2.14. The minimum Gasteiger partial charge on any atom is -0.378 e. The zero-order chi connectivity index (χ0) is 16.2. The van der Waals surface area contributed by atoms with Gasteiger partial charge in [0.15, 0.2) is 0 Å². The Morgan fingerprint density at radius 2 is 2.14 bits per heavy atom. The van der Waals surface area contributed by atoms with Gasteiger partial charge >= 0.3 is 0 Å². The Kier molecular flexibility index (Phi) is 9.60. The van der Waals surface area contributed by atoms with Crippen molar-refractivity contribution in [3.63, 3.8) is 0 Å². The lowest BCUT2D eigenvalue weighted by Gasteiger charge is -2.11. The maximum absolute atomic E-state index is 6.28. The number of halogens is 1. The predicted molar refractivity (Wildman–Crippen MR) is 95.9 cm³/mol. The lowest BCUT2D eigenvalue weighted by molar-refractivity contribution is 0.676. The number of aryl methyl sites for hydroxylation is 1. The second-order valence-corrected chi connectivity index (χ2v) is 5.52. The molecule has 0 amide bonds. The zero-order valence-corrected chi connectivity index (χ0v) is 14.7. The van der Waals surface area contributed by atoms with Gasteiger partial charge in [-0.15, -0.1) is 0 Å². The third-order valence-corrected chi connectivity index (χ3v) is 3.84. The second-order valence-electron chi connectivity index (χ2n) is 5.12. The van der Waals surface area contributed by atoms with Crippen LogP contribution < -0.4 is 10.6 Å². The summed E-state index contributed by atoms with van der Waals surface area (Å²) in [5, 5.41) is 7.48. The fraction of sp³-hybridized carbons (Fsp3) is 0.500. The summed E-state index contributed by atoms with van der Waals surface area (Å²) in [5.74, 6) is 0. The molecule has 122 valence electrons. The summed E-state index contributed by atoms with van der Waals surface area (Å²) in [6.07, 6.45) is 9.15. The number of pyridine rings is 1. The quantitative estimate of drug-likeness (QED) is 0.502. The Labute approximate surface area is 139 Å². The monoisotopic (exact) mass is 321 g/mol. The molecular formula is C18H28ClN3. The number of allylic oxidation sites excluding steroid dienone is 3. The molecule has 0 saturated carbocycles. The van der Waals surface area contributed by atoms with Gasteiger partial charge in [-0.05, 0) is 50.9 Å². The molecule has 4 heteroatoms. The number of nitrogens with one attached hydrogen (secondary N) is 2. The van der Waals surface area contributed by atoms with E-state index >= 15 is 0 Å². The number of hydrogen-bond acceptors (Lipinski definition) is 3. The average Bonchev–Trinajstić information content (AvgIpc) is 2.57. The number of rotatable bonds is 10. The van der Waals surface area contributed by atoms with Crippen LogP contribution in [0.5, 0.6) is 0 Å². The van der Waals surface area contributed by atoms with Crippen molar-refractivity contribution >= 4 is 11.6 Å². The van der Waals surface area contributed by atoms with Crippen LogP contribution in [-0.2, 0) is 13.0 Å². The molecule has 3 nitrogen and oxygen atoms in total. The first-order chi connectivity index (χ1) is 10.7. The lowest BCUT2D eigenvalue weighted by atomic mass is 10.2.